The Labute approximate surface area is 119 Å². The Bertz CT molecular complexity index is 558. The van der Waals surface area contributed by atoms with Crippen LogP contribution in [0.4, 0.5) is 0 Å². The lowest BCUT2D eigenvalue weighted by Crippen LogP contribution is -2.06. The van der Waals surface area contributed by atoms with E-state index in [0.29, 0.717) is 12.2 Å². The second-order valence-corrected chi connectivity index (χ2v) is 4.50. The number of aliphatic hydroxyl groups is 1. The van der Waals surface area contributed by atoms with E-state index in [-0.39, 0.29) is 0 Å². The fraction of sp³-hybridized carbons (Fsp3) is 0.111. The quantitative estimate of drug-likeness (QED) is 0.799. The molecule has 0 spiro atoms. The summed E-state index contributed by atoms with van der Waals surface area (Å²) < 4.78 is 5.55. The molecule has 20 heavy (non-hydrogen) atoms. The van der Waals surface area contributed by atoms with E-state index in [1.807, 2.05) is 66.7 Å². The molecule has 2 heteroatoms. The van der Waals surface area contributed by atoms with Crippen molar-refractivity contribution in [3.05, 3.63) is 84.6 Å². The van der Waals surface area contributed by atoms with Crippen LogP contribution in [0.5, 0.6) is 5.75 Å². The van der Waals surface area contributed by atoms with Crippen LogP contribution >= 0.6 is 0 Å². The van der Waals surface area contributed by atoms with E-state index in [1.165, 1.54) is 0 Å². The zero-order valence-electron chi connectivity index (χ0n) is 11.3. The molecule has 2 aromatic rings. The van der Waals surface area contributed by atoms with Gasteiger partial charge in [-0.25, -0.2) is 0 Å². The molecule has 2 aromatic carbocycles. The number of rotatable bonds is 6. The van der Waals surface area contributed by atoms with Crippen LogP contribution < -0.4 is 4.74 Å². The molecule has 2 rings (SSSR count). The van der Waals surface area contributed by atoms with Gasteiger partial charge in [0, 0.05) is 6.42 Å². The van der Waals surface area contributed by atoms with E-state index < -0.39 is 6.10 Å². The molecule has 0 bridgehead atoms. The predicted octanol–water partition coefficient (Wildman–Crippen LogP) is 4.04. The minimum absolute atomic E-state index is 0.373. The van der Waals surface area contributed by atoms with Crippen molar-refractivity contribution in [2.75, 3.05) is 0 Å². The highest BCUT2D eigenvalue weighted by atomic mass is 16.5. The zero-order chi connectivity index (χ0) is 14.2. The fourth-order valence-corrected chi connectivity index (χ4v) is 1.78. The summed E-state index contributed by atoms with van der Waals surface area (Å²) in [5, 5.41) is 9.93. The normalized spacial score (nSPS) is 12.2. The fourth-order valence-electron chi connectivity index (χ4n) is 1.78. The number of hydrogen-bond acceptors (Lipinski definition) is 2. The standard InChI is InChI=1S/C18H18O2/c1-15(20-18-10-6-3-7-11-18)14-17(19)13-12-16-8-4-2-5-9-16/h2-13,17,19H,1,14H2/b13-12+. The molecule has 0 heterocycles. The van der Waals surface area contributed by atoms with Gasteiger partial charge in [0.1, 0.15) is 5.75 Å². The summed E-state index contributed by atoms with van der Waals surface area (Å²) >= 11 is 0. The number of benzene rings is 2. The first-order valence-corrected chi connectivity index (χ1v) is 6.56. The number of ether oxygens (including phenoxy) is 1. The third-order valence-corrected chi connectivity index (χ3v) is 2.75. The molecule has 102 valence electrons. The van der Waals surface area contributed by atoms with Crippen molar-refractivity contribution in [1.29, 1.82) is 0 Å². The van der Waals surface area contributed by atoms with Crippen LogP contribution in [0, 0.1) is 0 Å². The Kier molecular flexibility index (Phi) is 5.15. The highest BCUT2D eigenvalue weighted by Crippen LogP contribution is 2.15. The molecule has 0 aromatic heterocycles. The molecule has 0 fully saturated rings. The molecule has 0 saturated heterocycles. The first-order valence-electron chi connectivity index (χ1n) is 6.56. The smallest absolute Gasteiger partial charge is 0.126 e. The SMILES string of the molecule is C=C(CC(O)/C=C/c1ccccc1)Oc1ccccc1. The van der Waals surface area contributed by atoms with Gasteiger partial charge < -0.3 is 9.84 Å². The van der Waals surface area contributed by atoms with Gasteiger partial charge in [0.25, 0.3) is 0 Å². The Balaban J connectivity index is 1.84. The second kappa shape index (κ2) is 7.31. The van der Waals surface area contributed by atoms with Gasteiger partial charge >= 0.3 is 0 Å². The van der Waals surface area contributed by atoms with Crippen molar-refractivity contribution >= 4 is 6.08 Å². The van der Waals surface area contributed by atoms with E-state index in [4.69, 9.17) is 4.74 Å². The average molecular weight is 266 g/mol. The molecule has 1 unspecified atom stereocenters. The van der Waals surface area contributed by atoms with Gasteiger partial charge in [-0.15, -0.1) is 0 Å². The Hall–Kier alpha value is -2.32. The number of para-hydroxylation sites is 1. The van der Waals surface area contributed by atoms with Gasteiger partial charge in [0.15, 0.2) is 0 Å². The maximum Gasteiger partial charge on any atom is 0.126 e. The van der Waals surface area contributed by atoms with Crippen LogP contribution in [0.2, 0.25) is 0 Å². The number of aliphatic hydroxyl groups excluding tert-OH is 1. The lowest BCUT2D eigenvalue weighted by molar-refractivity contribution is 0.207. The molecule has 0 aliphatic rings. The molecule has 0 amide bonds. The molecule has 1 atom stereocenters. The van der Waals surface area contributed by atoms with E-state index in [0.717, 1.165) is 11.3 Å². The Morgan fingerprint density at radius 3 is 2.30 bits per heavy atom. The topological polar surface area (TPSA) is 29.5 Å². The van der Waals surface area contributed by atoms with Crippen molar-refractivity contribution in [1.82, 2.24) is 0 Å². The van der Waals surface area contributed by atoms with Crippen LogP contribution in [0.25, 0.3) is 6.08 Å². The first-order chi connectivity index (χ1) is 9.74. The van der Waals surface area contributed by atoms with Crippen LogP contribution in [-0.4, -0.2) is 11.2 Å². The van der Waals surface area contributed by atoms with E-state index in [1.54, 1.807) is 6.08 Å². The lowest BCUT2D eigenvalue weighted by atomic mass is 10.1. The van der Waals surface area contributed by atoms with Gasteiger partial charge in [-0.2, -0.15) is 0 Å². The van der Waals surface area contributed by atoms with Crippen molar-refractivity contribution in [2.45, 2.75) is 12.5 Å². The Morgan fingerprint density at radius 2 is 1.65 bits per heavy atom. The van der Waals surface area contributed by atoms with Crippen LogP contribution in [0.15, 0.2) is 79.1 Å². The summed E-state index contributed by atoms with van der Waals surface area (Å²) in [7, 11) is 0. The summed E-state index contributed by atoms with van der Waals surface area (Å²) in [6.45, 7) is 3.83. The average Bonchev–Trinajstić information content (AvgIpc) is 2.47. The van der Waals surface area contributed by atoms with Gasteiger partial charge in [-0.3, -0.25) is 0 Å². The maximum atomic E-state index is 9.93. The Morgan fingerprint density at radius 1 is 1.05 bits per heavy atom. The lowest BCUT2D eigenvalue weighted by Gasteiger charge is -2.10. The highest BCUT2D eigenvalue weighted by molar-refractivity contribution is 5.49. The van der Waals surface area contributed by atoms with Crippen LogP contribution in [0.1, 0.15) is 12.0 Å². The summed E-state index contributed by atoms with van der Waals surface area (Å²) in [6.07, 6.45) is 3.40. The molecule has 2 nitrogen and oxygen atoms in total. The van der Waals surface area contributed by atoms with E-state index >= 15 is 0 Å². The molecule has 0 aliphatic carbocycles. The monoisotopic (exact) mass is 266 g/mol. The molecule has 0 saturated carbocycles. The minimum Gasteiger partial charge on any atom is -0.462 e. The number of hydrogen-bond donors (Lipinski definition) is 1. The van der Waals surface area contributed by atoms with Crippen molar-refractivity contribution in [3.8, 4) is 5.75 Å². The van der Waals surface area contributed by atoms with Crippen LogP contribution in [-0.2, 0) is 0 Å². The first kappa shape index (κ1) is 14.1. The van der Waals surface area contributed by atoms with E-state index in [9.17, 15) is 5.11 Å². The van der Waals surface area contributed by atoms with Gasteiger partial charge in [-0.1, -0.05) is 67.3 Å². The summed E-state index contributed by atoms with van der Waals surface area (Å²) in [5.41, 5.74) is 1.06. The largest absolute Gasteiger partial charge is 0.462 e. The second-order valence-electron chi connectivity index (χ2n) is 4.50. The molecule has 1 N–H and O–H groups in total. The third-order valence-electron chi connectivity index (χ3n) is 2.75. The van der Waals surface area contributed by atoms with Crippen molar-refractivity contribution in [2.24, 2.45) is 0 Å². The van der Waals surface area contributed by atoms with Crippen molar-refractivity contribution < 1.29 is 9.84 Å². The highest BCUT2D eigenvalue weighted by Gasteiger charge is 2.04. The van der Waals surface area contributed by atoms with Gasteiger partial charge in [0.2, 0.25) is 0 Å². The third kappa shape index (κ3) is 4.75. The maximum absolute atomic E-state index is 9.93. The molecule has 0 aliphatic heterocycles. The molecule has 0 radical (unpaired) electrons. The molecular weight excluding hydrogens is 248 g/mol. The van der Waals surface area contributed by atoms with Crippen molar-refractivity contribution in [3.63, 3.8) is 0 Å². The summed E-state index contributed by atoms with van der Waals surface area (Å²) in [5.74, 6) is 1.28. The van der Waals surface area contributed by atoms with E-state index in [2.05, 4.69) is 6.58 Å². The van der Waals surface area contributed by atoms with Crippen LogP contribution in [0.3, 0.4) is 0 Å². The molecular formula is C18H18O2. The minimum atomic E-state index is -0.605. The van der Waals surface area contributed by atoms with Gasteiger partial charge in [-0.05, 0) is 17.7 Å². The zero-order valence-corrected chi connectivity index (χ0v) is 11.3. The summed E-state index contributed by atoms with van der Waals surface area (Å²) in [4.78, 5) is 0. The predicted molar refractivity (Wildman–Crippen MR) is 82.3 cm³/mol. The summed E-state index contributed by atoms with van der Waals surface area (Å²) in [6, 6.07) is 19.3. The van der Waals surface area contributed by atoms with Gasteiger partial charge in [0.05, 0.1) is 11.9 Å².